The number of fused-ring (bicyclic) bond motifs is 3. The zero-order chi connectivity index (χ0) is 18.6. The van der Waals surface area contributed by atoms with Crippen molar-refractivity contribution in [3.8, 4) is 0 Å². The van der Waals surface area contributed by atoms with Gasteiger partial charge in [-0.25, -0.2) is 9.59 Å². The number of benzene rings is 1. The van der Waals surface area contributed by atoms with Crippen LogP contribution in [-0.2, 0) is 26.3 Å². The summed E-state index contributed by atoms with van der Waals surface area (Å²) in [5.74, 6) is -3.65. The molecule has 3 N–H and O–H groups in total. The van der Waals surface area contributed by atoms with E-state index in [0.29, 0.717) is 0 Å². The van der Waals surface area contributed by atoms with Gasteiger partial charge in [-0.2, -0.15) is 0 Å². The van der Waals surface area contributed by atoms with Crippen molar-refractivity contribution in [2.45, 2.75) is 25.4 Å². The van der Waals surface area contributed by atoms with Gasteiger partial charge in [0.2, 0.25) is 0 Å². The van der Waals surface area contributed by atoms with Gasteiger partial charge in [0.15, 0.2) is 0 Å². The molecule has 0 saturated heterocycles. The van der Waals surface area contributed by atoms with Crippen LogP contribution in [0, 0.1) is 0 Å². The van der Waals surface area contributed by atoms with Crippen LogP contribution in [0.2, 0.25) is 0 Å². The van der Waals surface area contributed by atoms with Crippen LogP contribution >= 0.6 is 0 Å². The highest BCUT2D eigenvalue weighted by Gasteiger charge is 2.35. The van der Waals surface area contributed by atoms with E-state index < -0.39 is 11.9 Å². The van der Waals surface area contributed by atoms with Crippen molar-refractivity contribution >= 4 is 22.8 Å². The Kier molecular flexibility index (Phi) is 5.81. The largest absolute Gasteiger partial charge is 0.473 e. The maximum Gasteiger partial charge on any atom is 0.414 e. The molecule has 7 nitrogen and oxygen atoms in total. The number of aromatic nitrogens is 1. The Labute approximate surface area is 146 Å². The molecule has 1 aliphatic rings. The van der Waals surface area contributed by atoms with Crippen molar-refractivity contribution in [1.29, 1.82) is 0 Å². The second kappa shape index (κ2) is 7.67. The Morgan fingerprint density at radius 3 is 2.48 bits per heavy atom. The summed E-state index contributed by atoms with van der Waals surface area (Å²) in [4.78, 5) is 24.0. The number of aliphatic carboxylic acids is 2. The van der Waals surface area contributed by atoms with Gasteiger partial charge in [-0.05, 0) is 45.5 Å². The van der Waals surface area contributed by atoms with E-state index in [2.05, 4.69) is 55.2 Å². The number of nitrogens with zero attached hydrogens (tertiary/aromatic N) is 1. The number of para-hydroxylation sites is 1. The second-order valence-corrected chi connectivity index (χ2v) is 6.52. The first kappa shape index (κ1) is 19.0. The number of ether oxygens (including phenoxy) is 1. The molecule has 0 spiro atoms. The van der Waals surface area contributed by atoms with Gasteiger partial charge in [0.05, 0.1) is 12.3 Å². The summed E-state index contributed by atoms with van der Waals surface area (Å²) in [6.45, 7) is 4.06. The fourth-order valence-corrected chi connectivity index (χ4v) is 3.00. The minimum atomic E-state index is -1.82. The molecular formula is C18H24N2O5. The molecule has 1 aliphatic heterocycles. The number of carboxylic acid groups (broad SMARTS) is 2. The molecule has 136 valence electrons. The monoisotopic (exact) mass is 348 g/mol. The van der Waals surface area contributed by atoms with Crippen LogP contribution in [0.4, 0.5) is 0 Å². The molecule has 0 radical (unpaired) electrons. The molecule has 25 heavy (non-hydrogen) atoms. The van der Waals surface area contributed by atoms with E-state index in [4.69, 9.17) is 24.5 Å². The summed E-state index contributed by atoms with van der Waals surface area (Å²) in [5, 5.41) is 16.1. The van der Waals surface area contributed by atoms with Crippen LogP contribution in [0.15, 0.2) is 24.3 Å². The average molecular weight is 348 g/mol. The van der Waals surface area contributed by atoms with Crippen molar-refractivity contribution in [3.63, 3.8) is 0 Å². The molecule has 0 saturated carbocycles. The van der Waals surface area contributed by atoms with Gasteiger partial charge < -0.3 is 24.8 Å². The molecule has 0 aliphatic carbocycles. The lowest BCUT2D eigenvalue weighted by molar-refractivity contribution is -0.159. The maximum absolute atomic E-state index is 9.10. The minimum absolute atomic E-state index is 0.184. The Balaban J connectivity index is 0.000000326. The third-order valence-electron chi connectivity index (χ3n) is 4.33. The van der Waals surface area contributed by atoms with E-state index in [9.17, 15) is 0 Å². The van der Waals surface area contributed by atoms with E-state index in [0.717, 1.165) is 26.0 Å². The molecule has 1 atom stereocenters. The highest BCUT2D eigenvalue weighted by Crippen LogP contribution is 2.38. The van der Waals surface area contributed by atoms with E-state index in [1.54, 1.807) is 0 Å². The van der Waals surface area contributed by atoms with Crippen LogP contribution < -0.4 is 0 Å². The molecule has 0 bridgehead atoms. The first-order valence-electron chi connectivity index (χ1n) is 8.09. The quantitative estimate of drug-likeness (QED) is 0.734. The Hall–Kier alpha value is -2.38. The van der Waals surface area contributed by atoms with E-state index in [1.807, 2.05) is 0 Å². The van der Waals surface area contributed by atoms with Crippen molar-refractivity contribution in [2.75, 3.05) is 27.2 Å². The molecule has 1 aromatic heterocycles. The molecular weight excluding hydrogens is 324 g/mol. The lowest BCUT2D eigenvalue weighted by Gasteiger charge is -2.35. The van der Waals surface area contributed by atoms with Gasteiger partial charge in [0.1, 0.15) is 5.60 Å². The van der Waals surface area contributed by atoms with Crippen molar-refractivity contribution in [1.82, 2.24) is 9.88 Å². The topological polar surface area (TPSA) is 103 Å². The standard InChI is InChI=1S/C16H22N2O.C2H2O4/c1-16(9-10-18(2)3)15-13(8-11-19-16)12-6-4-5-7-14(12)17-15;3-1(4)2(5)6/h4-7,17H,8-11H2,1-3H3;(H,3,4)(H,5,6). The van der Waals surface area contributed by atoms with Crippen LogP contribution in [0.1, 0.15) is 24.6 Å². The number of rotatable bonds is 3. The number of carbonyl (C=O) groups is 2. The fourth-order valence-electron chi connectivity index (χ4n) is 3.00. The highest BCUT2D eigenvalue weighted by atomic mass is 16.5. The smallest absolute Gasteiger partial charge is 0.414 e. The molecule has 2 aromatic rings. The minimum Gasteiger partial charge on any atom is -0.473 e. The van der Waals surface area contributed by atoms with Gasteiger partial charge >= 0.3 is 11.9 Å². The third-order valence-corrected chi connectivity index (χ3v) is 4.33. The summed E-state index contributed by atoms with van der Waals surface area (Å²) in [5.41, 5.74) is 3.77. The fraction of sp³-hybridized carbons (Fsp3) is 0.444. The summed E-state index contributed by atoms with van der Waals surface area (Å²) >= 11 is 0. The second-order valence-electron chi connectivity index (χ2n) is 6.52. The number of hydrogen-bond acceptors (Lipinski definition) is 4. The lowest BCUT2D eigenvalue weighted by atomic mass is 9.90. The highest BCUT2D eigenvalue weighted by molar-refractivity contribution is 6.27. The molecule has 2 heterocycles. The lowest BCUT2D eigenvalue weighted by Crippen LogP contribution is -2.35. The Bertz CT molecular complexity index is 756. The number of carboxylic acids is 2. The zero-order valence-electron chi connectivity index (χ0n) is 14.7. The first-order valence-corrected chi connectivity index (χ1v) is 8.09. The number of aromatic amines is 1. The van der Waals surface area contributed by atoms with Gasteiger partial charge in [-0.3, -0.25) is 0 Å². The van der Waals surface area contributed by atoms with Gasteiger partial charge in [-0.15, -0.1) is 0 Å². The van der Waals surface area contributed by atoms with Crippen LogP contribution in [0.5, 0.6) is 0 Å². The zero-order valence-corrected chi connectivity index (χ0v) is 14.7. The summed E-state index contributed by atoms with van der Waals surface area (Å²) in [6.07, 6.45) is 2.02. The average Bonchev–Trinajstić information content (AvgIpc) is 2.94. The van der Waals surface area contributed by atoms with Crippen LogP contribution in [0.25, 0.3) is 10.9 Å². The number of H-pyrrole nitrogens is 1. The van der Waals surface area contributed by atoms with E-state index in [-0.39, 0.29) is 5.60 Å². The van der Waals surface area contributed by atoms with E-state index >= 15 is 0 Å². The van der Waals surface area contributed by atoms with Crippen molar-refractivity contribution in [2.24, 2.45) is 0 Å². The van der Waals surface area contributed by atoms with Gasteiger partial charge in [0, 0.05) is 17.4 Å². The SMILES string of the molecule is CN(C)CCC1(C)OCCc2c1[nH]c1ccccc21.O=C(O)C(=O)O. The Morgan fingerprint density at radius 2 is 1.88 bits per heavy atom. The number of hydrogen-bond donors (Lipinski definition) is 3. The van der Waals surface area contributed by atoms with Crippen molar-refractivity contribution in [3.05, 3.63) is 35.5 Å². The van der Waals surface area contributed by atoms with Crippen molar-refractivity contribution < 1.29 is 24.5 Å². The molecule has 0 fully saturated rings. The van der Waals surface area contributed by atoms with Gasteiger partial charge in [-0.1, -0.05) is 18.2 Å². The van der Waals surface area contributed by atoms with Crippen LogP contribution in [-0.4, -0.2) is 59.3 Å². The molecule has 0 amide bonds. The van der Waals surface area contributed by atoms with Crippen LogP contribution in [0.3, 0.4) is 0 Å². The maximum atomic E-state index is 9.10. The predicted octanol–water partition coefficient (Wildman–Crippen LogP) is 2.06. The summed E-state index contributed by atoms with van der Waals surface area (Å²) in [7, 11) is 4.22. The Morgan fingerprint density at radius 1 is 1.24 bits per heavy atom. The van der Waals surface area contributed by atoms with Gasteiger partial charge in [0.25, 0.3) is 0 Å². The third kappa shape index (κ3) is 4.37. The first-order chi connectivity index (χ1) is 11.7. The normalized spacial score (nSPS) is 19.2. The molecule has 1 aromatic carbocycles. The molecule has 3 rings (SSSR count). The summed E-state index contributed by atoms with van der Waals surface area (Å²) < 4.78 is 6.11. The molecule has 1 unspecified atom stereocenters. The number of nitrogens with one attached hydrogen (secondary N) is 1. The molecule has 7 heteroatoms. The van der Waals surface area contributed by atoms with E-state index in [1.165, 1.54) is 22.2 Å². The predicted molar refractivity (Wildman–Crippen MR) is 93.7 cm³/mol. The summed E-state index contributed by atoms with van der Waals surface area (Å²) in [6, 6.07) is 8.56.